The van der Waals surface area contributed by atoms with Gasteiger partial charge in [-0.25, -0.2) is 14.8 Å². The molecule has 0 atom stereocenters. The Hall–Kier alpha value is -0.330. The van der Waals surface area contributed by atoms with Crippen molar-refractivity contribution < 1.29 is 4.79 Å². The van der Waals surface area contributed by atoms with Crippen molar-refractivity contribution in [1.29, 1.82) is 0 Å². The molecule has 1 fully saturated rings. The van der Waals surface area contributed by atoms with Crippen molar-refractivity contribution in [3.63, 3.8) is 0 Å². The Balaban J connectivity index is 2.42. The highest BCUT2D eigenvalue weighted by Crippen LogP contribution is 1.98. The lowest BCUT2D eigenvalue weighted by Gasteiger charge is -2.11. The van der Waals surface area contributed by atoms with Crippen LogP contribution in [-0.2, 0) is 0 Å². The van der Waals surface area contributed by atoms with Crippen molar-refractivity contribution in [3.8, 4) is 0 Å². The van der Waals surface area contributed by atoms with E-state index in [9.17, 15) is 4.79 Å². The van der Waals surface area contributed by atoms with Crippen LogP contribution in [0, 0.1) is 0 Å². The van der Waals surface area contributed by atoms with E-state index in [4.69, 9.17) is 0 Å². The molecule has 0 unspecified atom stereocenters. The lowest BCUT2D eigenvalue weighted by molar-refractivity contribution is 0.187. The molecule has 1 saturated heterocycles. The lowest BCUT2D eigenvalue weighted by atomic mass is 10.6. The highest BCUT2D eigenvalue weighted by atomic mass is 79.9. The Morgan fingerprint density at radius 1 is 1.45 bits per heavy atom. The summed E-state index contributed by atoms with van der Waals surface area (Å²) in [6.45, 7) is 3.22. The van der Waals surface area contributed by atoms with E-state index >= 15 is 0 Å². The molecule has 1 aliphatic rings. The highest BCUT2D eigenvalue weighted by molar-refractivity contribution is 9.09. The zero-order valence-corrected chi connectivity index (χ0v) is 7.89. The van der Waals surface area contributed by atoms with Crippen LogP contribution >= 0.6 is 15.9 Å². The summed E-state index contributed by atoms with van der Waals surface area (Å²) >= 11 is 3.25. The number of nitrogens with zero attached hydrogens (tertiary/aromatic N) is 2. The number of hydrogen-bond donors (Lipinski definition) is 2. The summed E-state index contributed by atoms with van der Waals surface area (Å²) in [5.74, 6) is 0. The predicted octanol–water partition coefficient (Wildman–Crippen LogP) is 0.0630. The van der Waals surface area contributed by atoms with Gasteiger partial charge >= 0.3 is 6.03 Å². The Kier molecular flexibility index (Phi) is 3.10. The van der Waals surface area contributed by atoms with Gasteiger partial charge < -0.3 is 0 Å². The maximum Gasteiger partial charge on any atom is 0.350 e. The van der Waals surface area contributed by atoms with E-state index in [1.165, 1.54) is 10.0 Å². The molecule has 0 spiro atoms. The van der Waals surface area contributed by atoms with Crippen LogP contribution in [0.2, 0.25) is 0 Å². The zero-order valence-electron chi connectivity index (χ0n) is 6.30. The normalized spacial score (nSPS) is 18.2. The minimum absolute atomic E-state index is 0.0352. The Morgan fingerprint density at radius 3 is 2.55 bits per heavy atom. The third-order valence-corrected chi connectivity index (χ3v) is 1.76. The second kappa shape index (κ2) is 3.89. The fourth-order valence-electron chi connectivity index (χ4n) is 0.812. The average Bonchev–Trinajstić information content (AvgIpc) is 2.34. The maximum absolute atomic E-state index is 11.2. The van der Waals surface area contributed by atoms with Crippen LogP contribution in [-0.4, -0.2) is 34.5 Å². The largest absolute Gasteiger partial charge is 0.350 e. The van der Waals surface area contributed by atoms with Crippen LogP contribution in [0.3, 0.4) is 0 Å². The molecular formula is C5H11BrN4O. The number of halogens is 1. The number of carbonyl (C=O) groups is 1. The van der Waals surface area contributed by atoms with Crippen LogP contribution in [0.4, 0.5) is 4.79 Å². The minimum atomic E-state index is -0.0352. The quantitative estimate of drug-likeness (QED) is 0.665. The van der Waals surface area contributed by atoms with Gasteiger partial charge in [-0.1, -0.05) is 15.9 Å². The van der Waals surface area contributed by atoms with Crippen molar-refractivity contribution >= 4 is 22.0 Å². The van der Waals surface area contributed by atoms with E-state index in [-0.39, 0.29) is 6.03 Å². The number of rotatable bonds is 3. The van der Waals surface area contributed by atoms with E-state index in [0.29, 0.717) is 13.1 Å². The first-order valence-electron chi connectivity index (χ1n) is 3.46. The van der Waals surface area contributed by atoms with Crippen molar-refractivity contribution in [1.82, 2.24) is 21.1 Å². The SMILES string of the molecule is CCN1NNN(CCBr)C1=O. The predicted molar refractivity (Wildman–Crippen MR) is 44.5 cm³/mol. The first-order chi connectivity index (χ1) is 5.29. The molecule has 2 N–H and O–H groups in total. The molecule has 5 nitrogen and oxygen atoms in total. The fourth-order valence-corrected chi connectivity index (χ4v) is 1.17. The number of carbonyl (C=O) groups excluding carboxylic acids is 1. The van der Waals surface area contributed by atoms with Gasteiger partial charge in [-0.2, -0.15) is 0 Å². The summed E-state index contributed by atoms with van der Waals surface area (Å²) < 4.78 is 0. The van der Waals surface area contributed by atoms with E-state index in [1.807, 2.05) is 6.92 Å². The summed E-state index contributed by atoms with van der Waals surface area (Å²) in [6, 6.07) is -0.0352. The van der Waals surface area contributed by atoms with Crippen LogP contribution in [0.5, 0.6) is 0 Å². The van der Waals surface area contributed by atoms with Crippen LogP contribution in [0.1, 0.15) is 6.92 Å². The number of nitrogens with one attached hydrogen (secondary N) is 2. The third-order valence-electron chi connectivity index (χ3n) is 1.41. The molecule has 0 aromatic rings. The van der Waals surface area contributed by atoms with Crippen LogP contribution in [0.25, 0.3) is 0 Å². The highest BCUT2D eigenvalue weighted by Gasteiger charge is 2.25. The van der Waals surface area contributed by atoms with E-state index in [2.05, 4.69) is 27.0 Å². The summed E-state index contributed by atoms with van der Waals surface area (Å²) in [6.07, 6.45) is 0. The standard InChI is InChI=1S/C5H11BrN4O/c1-2-9-5(11)10(4-3-6)8-7-9/h7-8H,2-4H2,1H3. The summed E-state index contributed by atoms with van der Waals surface area (Å²) in [5.41, 5.74) is 5.47. The number of hydrogen-bond acceptors (Lipinski definition) is 3. The van der Waals surface area contributed by atoms with Crippen molar-refractivity contribution in [2.24, 2.45) is 0 Å². The van der Waals surface area contributed by atoms with Gasteiger partial charge in [-0.3, -0.25) is 0 Å². The lowest BCUT2D eigenvalue weighted by Crippen LogP contribution is -2.39. The van der Waals surface area contributed by atoms with E-state index in [0.717, 1.165) is 5.33 Å². The second-order valence-electron chi connectivity index (χ2n) is 2.09. The van der Waals surface area contributed by atoms with Gasteiger partial charge in [0.05, 0.1) is 6.54 Å². The first kappa shape index (κ1) is 8.76. The first-order valence-corrected chi connectivity index (χ1v) is 4.58. The summed E-state index contributed by atoms with van der Waals surface area (Å²) in [4.78, 5) is 11.2. The molecule has 1 heterocycles. The number of hydrazine groups is 3. The van der Waals surface area contributed by atoms with Crippen molar-refractivity contribution in [2.45, 2.75) is 6.92 Å². The minimum Gasteiger partial charge on any atom is -0.245 e. The molecule has 0 aromatic heterocycles. The number of urea groups is 1. The van der Waals surface area contributed by atoms with Gasteiger partial charge in [0.15, 0.2) is 0 Å². The second-order valence-corrected chi connectivity index (χ2v) is 2.88. The number of alkyl halides is 1. The van der Waals surface area contributed by atoms with Gasteiger partial charge in [0.25, 0.3) is 0 Å². The van der Waals surface area contributed by atoms with Gasteiger partial charge in [-0.05, 0) is 6.92 Å². The molecule has 0 radical (unpaired) electrons. The Labute approximate surface area is 73.8 Å². The molecule has 2 amide bonds. The third kappa shape index (κ3) is 1.82. The van der Waals surface area contributed by atoms with Gasteiger partial charge in [0, 0.05) is 11.9 Å². The molecule has 1 aliphatic heterocycles. The van der Waals surface area contributed by atoms with Crippen LogP contribution in [0.15, 0.2) is 0 Å². The molecular weight excluding hydrogens is 212 g/mol. The average molecular weight is 223 g/mol. The van der Waals surface area contributed by atoms with E-state index < -0.39 is 0 Å². The topological polar surface area (TPSA) is 47.6 Å². The molecule has 0 saturated carbocycles. The van der Waals surface area contributed by atoms with Gasteiger partial charge in [-0.15, -0.1) is 11.1 Å². The Morgan fingerprint density at radius 2 is 2.09 bits per heavy atom. The molecule has 0 aliphatic carbocycles. The van der Waals surface area contributed by atoms with Gasteiger partial charge in [0.2, 0.25) is 0 Å². The van der Waals surface area contributed by atoms with Crippen molar-refractivity contribution in [3.05, 3.63) is 0 Å². The smallest absolute Gasteiger partial charge is 0.245 e. The maximum atomic E-state index is 11.2. The molecule has 11 heavy (non-hydrogen) atoms. The fraction of sp³-hybridized carbons (Fsp3) is 0.800. The molecule has 6 heteroatoms. The number of amides is 2. The monoisotopic (exact) mass is 222 g/mol. The van der Waals surface area contributed by atoms with Crippen LogP contribution < -0.4 is 11.1 Å². The zero-order chi connectivity index (χ0) is 8.27. The van der Waals surface area contributed by atoms with Crippen molar-refractivity contribution in [2.75, 3.05) is 18.4 Å². The molecule has 0 aromatic carbocycles. The molecule has 1 rings (SSSR count). The Bertz CT molecular complexity index is 153. The molecule has 64 valence electrons. The molecule has 0 bridgehead atoms. The van der Waals surface area contributed by atoms with Gasteiger partial charge in [0.1, 0.15) is 0 Å². The van der Waals surface area contributed by atoms with E-state index in [1.54, 1.807) is 0 Å². The summed E-state index contributed by atoms with van der Waals surface area (Å²) in [5, 5.41) is 3.78. The summed E-state index contributed by atoms with van der Waals surface area (Å²) in [7, 11) is 0.